The molecule has 126 valence electrons. The van der Waals surface area contributed by atoms with Crippen molar-refractivity contribution in [1.29, 1.82) is 0 Å². The number of ether oxygens (including phenoxy) is 1. The van der Waals surface area contributed by atoms with Gasteiger partial charge in [0, 0.05) is 32.5 Å². The van der Waals surface area contributed by atoms with E-state index >= 15 is 0 Å². The molecule has 1 N–H and O–H groups in total. The van der Waals surface area contributed by atoms with E-state index in [0.717, 1.165) is 32.4 Å². The Hall–Kier alpha value is -1.39. The molecule has 1 aromatic carbocycles. The third kappa shape index (κ3) is 3.59. The molecule has 2 aliphatic rings. The molecule has 0 aromatic heterocycles. The minimum Gasteiger partial charge on any atom is -0.390 e. The summed E-state index contributed by atoms with van der Waals surface area (Å²) in [7, 11) is 1.78. The summed E-state index contributed by atoms with van der Waals surface area (Å²) in [5, 5.41) is 9.83. The lowest BCUT2D eigenvalue weighted by atomic mass is 9.71. The van der Waals surface area contributed by atoms with Gasteiger partial charge in [-0.1, -0.05) is 30.3 Å². The molecule has 3 rings (SSSR count). The molecule has 1 aliphatic carbocycles. The molecule has 1 heterocycles. The van der Waals surface area contributed by atoms with Crippen LogP contribution in [0.25, 0.3) is 0 Å². The average Bonchev–Trinajstić information content (AvgIpc) is 2.53. The molecule has 0 radical (unpaired) electrons. The lowest BCUT2D eigenvalue weighted by molar-refractivity contribution is -0.154. The lowest BCUT2D eigenvalue weighted by Crippen LogP contribution is -2.54. The van der Waals surface area contributed by atoms with Crippen LogP contribution in [0, 0.1) is 5.92 Å². The van der Waals surface area contributed by atoms with Crippen molar-refractivity contribution in [2.75, 3.05) is 20.2 Å². The summed E-state index contributed by atoms with van der Waals surface area (Å²) in [4.78, 5) is 14.5. The van der Waals surface area contributed by atoms with Gasteiger partial charge in [0.2, 0.25) is 5.91 Å². The van der Waals surface area contributed by atoms with Gasteiger partial charge in [0.05, 0.1) is 11.2 Å². The SMILES string of the molecule is COC1(Cc2ccccc2)CCN(C(=O)C2CC(C)(O)C2)CC1. The topological polar surface area (TPSA) is 49.8 Å². The Morgan fingerprint density at radius 1 is 1.26 bits per heavy atom. The van der Waals surface area contributed by atoms with Crippen molar-refractivity contribution in [2.24, 2.45) is 5.92 Å². The molecular formula is C19H27NO3. The molecule has 0 unspecified atom stereocenters. The van der Waals surface area contributed by atoms with Gasteiger partial charge < -0.3 is 14.7 Å². The summed E-state index contributed by atoms with van der Waals surface area (Å²) < 4.78 is 5.87. The number of benzene rings is 1. The molecule has 4 heteroatoms. The van der Waals surface area contributed by atoms with Gasteiger partial charge in [-0.3, -0.25) is 4.79 Å². The molecule has 1 saturated carbocycles. The van der Waals surface area contributed by atoms with E-state index in [1.807, 2.05) is 17.9 Å². The number of carbonyl (C=O) groups excluding carboxylic acids is 1. The summed E-state index contributed by atoms with van der Waals surface area (Å²) in [6.45, 7) is 3.30. The smallest absolute Gasteiger partial charge is 0.225 e. The van der Waals surface area contributed by atoms with Crippen molar-refractivity contribution >= 4 is 5.91 Å². The number of rotatable bonds is 4. The van der Waals surface area contributed by atoms with Crippen molar-refractivity contribution < 1.29 is 14.6 Å². The van der Waals surface area contributed by atoms with E-state index < -0.39 is 5.60 Å². The Morgan fingerprint density at radius 3 is 2.39 bits per heavy atom. The van der Waals surface area contributed by atoms with Gasteiger partial charge in [-0.05, 0) is 38.2 Å². The number of nitrogens with zero attached hydrogens (tertiary/aromatic N) is 1. The second-order valence-corrected chi connectivity index (χ2v) is 7.48. The summed E-state index contributed by atoms with van der Waals surface area (Å²) in [6, 6.07) is 10.4. The highest BCUT2D eigenvalue weighted by Crippen LogP contribution is 2.39. The fraction of sp³-hybridized carbons (Fsp3) is 0.632. The van der Waals surface area contributed by atoms with E-state index in [-0.39, 0.29) is 17.4 Å². The molecule has 23 heavy (non-hydrogen) atoms. The maximum absolute atomic E-state index is 12.5. The van der Waals surface area contributed by atoms with Gasteiger partial charge in [0.15, 0.2) is 0 Å². The Balaban J connectivity index is 1.57. The van der Waals surface area contributed by atoms with Crippen LogP contribution in [0.1, 0.15) is 38.2 Å². The molecule has 1 saturated heterocycles. The monoisotopic (exact) mass is 317 g/mol. The first-order valence-corrected chi connectivity index (χ1v) is 8.53. The number of carbonyl (C=O) groups is 1. The van der Waals surface area contributed by atoms with Gasteiger partial charge in [-0.15, -0.1) is 0 Å². The number of amides is 1. The Kier molecular flexibility index (Phi) is 4.47. The fourth-order valence-electron chi connectivity index (χ4n) is 3.99. The van der Waals surface area contributed by atoms with Gasteiger partial charge in [0.25, 0.3) is 0 Å². The third-order valence-corrected chi connectivity index (χ3v) is 5.51. The van der Waals surface area contributed by atoms with E-state index in [4.69, 9.17) is 4.74 Å². The molecule has 4 nitrogen and oxygen atoms in total. The largest absolute Gasteiger partial charge is 0.390 e. The number of likely N-dealkylation sites (tertiary alicyclic amines) is 1. The quantitative estimate of drug-likeness (QED) is 0.928. The average molecular weight is 317 g/mol. The Bertz CT molecular complexity index is 539. The molecule has 0 spiro atoms. The predicted molar refractivity (Wildman–Crippen MR) is 89.0 cm³/mol. The van der Waals surface area contributed by atoms with Crippen LogP contribution in [0.5, 0.6) is 0 Å². The molecule has 0 atom stereocenters. The summed E-state index contributed by atoms with van der Waals surface area (Å²) in [5.74, 6) is 0.218. The van der Waals surface area contributed by atoms with Crippen LogP contribution in [-0.2, 0) is 16.0 Å². The fourth-order valence-corrected chi connectivity index (χ4v) is 3.99. The van der Waals surface area contributed by atoms with E-state index in [1.54, 1.807) is 7.11 Å². The van der Waals surface area contributed by atoms with E-state index in [0.29, 0.717) is 12.8 Å². The number of hydrogen-bond donors (Lipinski definition) is 1. The first kappa shape index (κ1) is 16.5. The van der Waals surface area contributed by atoms with Crippen LogP contribution in [-0.4, -0.2) is 47.3 Å². The van der Waals surface area contributed by atoms with Crippen LogP contribution < -0.4 is 0 Å². The van der Waals surface area contributed by atoms with E-state index in [2.05, 4.69) is 24.3 Å². The lowest BCUT2D eigenvalue weighted by Gasteiger charge is -2.45. The molecular weight excluding hydrogens is 290 g/mol. The highest BCUT2D eigenvalue weighted by atomic mass is 16.5. The minimum absolute atomic E-state index is 0.00849. The Labute approximate surface area is 138 Å². The number of hydrogen-bond acceptors (Lipinski definition) is 3. The zero-order valence-electron chi connectivity index (χ0n) is 14.1. The Morgan fingerprint density at radius 2 is 1.87 bits per heavy atom. The normalized spacial score (nSPS) is 29.9. The van der Waals surface area contributed by atoms with Crippen LogP contribution in [0.2, 0.25) is 0 Å². The van der Waals surface area contributed by atoms with Gasteiger partial charge in [-0.25, -0.2) is 0 Å². The number of methoxy groups -OCH3 is 1. The molecule has 0 bridgehead atoms. The summed E-state index contributed by atoms with van der Waals surface area (Å²) in [5.41, 5.74) is 0.479. The van der Waals surface area contributed by atoms with Crippen molar-refractivity contribution in [3.63, 3.8) is 0 Å². The summed E-state index contributed by atoms with van der Waals surface area (Å²) in [6.07, 6.45) is 3.83. The standard InChI is InChI=1S/C19H27NO3/c1-18(22)13-16(14-18)17(21)20-10-8-19(23-2,9-11-20)12-15-6-4-3-5-7-15/h3-7,16,22H,8-14H2,1-2H3. The second-order valence-electron chi connectivity index (χ2n) is 7.48. The highest BCUT2D eigenvalue weighted by molar-refractivity contribution is 5.80. The van der Waals surface area contributed by atoms with Gasteiger partial charge in [-0.2, -0.15) is 0 Å². The van der Waals surface area contributed by atoms with Crippen molar-refractivity contribution in [3.05, 3.63) is 35.9 Å². The second kappa shape index (κ2) is 6.25. The molecule has 2 fully saturated rings. The highest BCUT2D eigenvalue weighted by Gasteiger charge is 2.45. The maximum atomic E-state index is 12.5. The van der Waals surface area contributed by atoms with Crippen LogP contribution in [0.4, 0.5) is 0 Å². The third-order valence-electron chi connectivity index (χ3n) is 5.51. The number of aliphatic hydroxyl groups is 1. The first-order chi connectivity index (χ1) is 10.9. The van der Waals surface area contributed by atoms with Crippen LogP contribution in [0.3, 0.4) is 0 Å². The predicted octanol–water partition coefficient (Wildman–Crippen LogP) is 2.40. The van der Waals surface area contributed by atoms with Crippen molar-refractivity contribution in [2.45, 2.75) is 50.2 Å². The molecule has 1 aromatic rings. The molecule has 1 aliphatic heterocycles. The first-order valence-electron chi connectivity index (χ1n) is 8.53. The summed E-state index contributed by atoms with van der Waals surface area (Å²) >= 11 is 0. The van der Waals surface area contributed by atoms with Gasteiger partial charge >= 0.3 is 0 Å². The van der Waals surface area contributed by atoms with Crippen molar-refractivity contribution in [1.82, 2.24) is 4.90 Å². The van der Waals surface area contributed by atoms with Crippen molar-refractivity contribution in [3.8, 4) is 0 Å². The van der Waals surface area contributed by atoms with E-state index in [9.17, 15) is 9.90 Å². The maximum Gasteiger partial charge on any atom is 0.225 e. The minimum atomic E-state index is -0.639. The van der Waals surface area contributed by atoms with Crippen LogP contribution in [0.15, 0.2) is 30.3 Å². The zero-order valence-corrected chi connectivity index (χ0v) is 14.1. The van der Waals surface area contributed by atoms with Gasteiger partial charge in [0.1, 0.15) is 0 Å². The number of piperidine rings is 1. The zero-order chi connectivity index (χ0) is 16.5. The molecule has 1 amide bonds. The van der Waals surface area contributed by atoms with E-state index in [1.165, 1.54) is 5.56 Å². The van der Waals surface area contributed by atoms with Crippen LogP contribution >= 0.6 is 0 Å².